The molecule has 172 valence electrons. The van der Waals surface area contributed by atoms with E-state index >= 15 is 0 Å². The number of hydrogen-bond acceptors (Lipinski definition) is 5. The van der Waals surface area contributed by atoms with Gasteiger partial charge in [-0.15, -0.1) is 0 Å². The lowest BCUT2D eigenvalue weighted by molar-refractivity contribution is -0.119. The van der Waals surface area contributed by atoms with Crippen LogP contribution in [0, 0.1) is 0 Å². The zero-order valence-corrected chi connectivity index (χ0v) is 19.9. The van der Waals surface area contributed by atoms with E-state index in [2.05, 4.69) is 10.0 Å². The number of amides is 1. The maximum atomic E-state index is 12.6. The first kappa shape index (κ1) is 25.0. The molecule has 0 fully saturated rings. The van der Waals surface area contributed by atoms with Crippen molar-refractivity contribution in [2.45, 2.75) is 11.4 Å². The summed E-state index contributed by atoms with van der Waals surface area (Å²) < 4.78 is 32.6. The average molecular weight is 528 g/mol. The Balaban J connectivity index is 1.62. The van der Waals surface area contributed by atoms with E-state index in [1.165, 1.54) is 36.4 Å². The smallest absolute Gasteiger partial charge is 0.338 e. The second-order valence-electron chi connectivity index (χ2n) is 6.71. The fourth-order valence-corrected chi connectivity index (χ4v) is 4.67. The third-order valence-electron chi connectivity index (χ3n) is 4.29. The molecule has 0 atom stereocenters. The van der Waals surface area contributed by atoms with Gasteiger partial charge in [0.1, 0.15) is 0 Å². The van der Waals surface area contributed by atoms with E-state index in [9.17, 15) is 18.0 Å². The van der Waals surface area contributed by atoms with E-state index < -0.39 is 28.5 Å². The summed E-state index contributed by atoms with van der Waals surface area (Å²) in [6.45, 7) is -0.550. The molecule has 0 spiro atoms. The molecule has 0 aromatic heterocycles. The van der Waals surface area contributed by atoms with E-state index in [1.54, 1.807) is 24.3 Å². The van der Waals surface area contributed by atoms with Crippen LogP contribution in [0.25, 0.3) is 0 Å². The average Bonchev–Trinajstić information content (AvgIpc) is 2.79. The number of benzene rings is 3. The number of anilines is 1. The first-order valence-corrected chi connectivity index (χ1v) is 12.0. The van der Waals surface area contributed by atoms with E-state index in [0.29, 0.717) is 5.02 Å². The Kier molecular flexibility index (Phi) is 8.34. The molecule has 0 aliphatic rings. The van der Waals surface area contributed by atoms with Gasteiger partial charge in [-0.1, -0.05) is 71.2 Å². The van der Waals surface area contributed by atoms with Gasteiger partial charge in [0.25, 0.3) is 5.91 Å². The molecule has 0 aliphatic carbocycles. The van der Waals surface area contributed by atoms with Crippen molar-refractivity contribution in [2.75, 3.05) is 11.9 Å². The number of ether oxygens (including phenoxy) is 1. The van der Waals surface area contributed by atoms with Gasteiger partial charge >= 0.3 is 5.97 Å². The van der Waals surface area contributed by atoms with Gasteiger partial charge in [-0.25, -0.2) is 17.9 Å². The van der Waals surface area contributed by atoms with Crippen LogP contribution in [0.4, 0.5) is 5.69 Å². The number of halogens is 3. The summed E-state index contributed by atoms with van der Waals surface area (Å²) in [6, 6.07) is 17.1. The molecule has 11 heteroatoms. The Morgan fingerprint density at radius 2 is 1.55 bits per heavy atom. The Labute approximate surface area is 205 Å². The number of carbonyl (C=O) groups is 2. The summed E-state index contributed by atoms with van der Waals surface area (Å²) >= 11 is 17.8. The molecule has 7 nitrogen and oxygen atoms in total. The highest BCUT2D eigenvalue weighted by molar-refractivity contribution is 7.89. The minimum atomic E-state index is -3.88. The number of hydrogen-bond donors (Lipinski definition) is 2. The van der Waals surface area contributed by atoms with Crippen molar-refractivity contribution in [2.24, 2.45) is 0 Å². The molecule has 0 heterocycles. The first-order valence-electron chi connectivity index (χ1n) is 9.41. The molecule has 3 rings (SSSR count). The molecule has 3 aromatic carbocycles. The topological polar surface area (TPSA) is 102 Å². The number of nitrogens with one attached hydrogen (secondary N) is 2. The molecule has 0 bridgehead atoms. The number of sulfonamides is 1. The normalized spacial score (nSPS) is 11.1. The van der Waals surface area contributed by atoms with E-state index in [0.717, 1.165) is 5.56 Å². The monoisotopic (exact) mass is 526 g/mol. The molecule has 0 saturated heterocycles. The van der Waals surface area contributed by atoms with Crippen molar-refractivity contribution >= 4 is 62.4 Å². The van der Waals surface area contributed by atoms with Gasteiger partial charge in [0.05, 0.1) is 26.2 Å². The highest BCUT2D eigenvalue weighted by Crippen LogP contribution is 2.33. The van der Waals surface area contributed by atoms with Crippen molar-refractivity contribution < 1.29 is 22.7 Å². The Morgan fingerprint density at radius 1 is 0.879 bits per heavy atom. The summed E-state index contributed by atoms with van der Waals surface area (Å²) in [5.41, 5.74) is 0.873. The van der Waals surface area contributed by atoms with Crippen molar-refractivity contribution in [1.82, 2.24) is 4.72 Å². The summed E-state index contributed by atoms with van der Waals surface area (Å²) in [5, 5.41) is 2.97. The fourth-order valence-electron chi connectivity index (χ4n) is 2.70. The van der Waals surface area contributed by atoms with E-state index in [4.69, 9.17) is 39.5 Å². The second-order valence-corrected chi connectivity index (χ2v) is 9.72. The molecular formula is C22H17Cl3N2O5S. The molecule has 0 unspecified atom stereocenters. The quantitative estimate of drug-likeness (QED) is 0.405. The third-order valence-corrected chi connectivity index (χ3v) is 6.51. The highest BCUT2D eigenvalue weighted by atomic mass is 35.5. The number of rotatable bonds is 8. The lowest BCUT2D eigenvalue weighted by atomic mass is 10.2. The van der Waals surface area contributed by atoms with Gasteiger partial charge in [-0.05, 0) is 35.9 Å². The van der Waals surface area contributed by atoms with Gasteiger partial charge < -0.3 is 10.1 Å². The summed E-state index contributed by atoms with van der Waals surface area (Å²) in [6.07, 6.45) is 0. The van der Waals surface area contributed by atoms with Crippen molar-refractivity contribution in [3.8, 4) is 0 Å². The summed E-state index contributed by atoms with van der Waals surface area (Å²) in [7, 11) is -3.88. The van der Waals surface area contributed by atoms with Crippen molar-refractivity contribution in [3.05, 3.63) is 92.9 Å². The Morgan fingerprint density at radius 3 is 2.21 bits per heavy atom. The van der Waals surface area contributed by atoms with E-state index in [-0.39, 0.29) is 32.7 Å². The molecular weight excluding hydrogens is 511 g/mol. The molecule has 0 saturated carbocycles. The predicted molar refractivity (Wildman–Crippen MR) is 127 cm³/mol. The van der Waals surface area contributed by atoms with Crippen molar-refractivity contribution in [3.63, 3.8) is 0 Å². The molecule has 3 aromatic rings. The van der Waals surface area contributed by atoms with Crippen LogP contribution in [-0.4, -0.2) is 26.9 Å². The molecule has 0 radical (unpaired) electrons. The lowest BCUT2D eigenvalue weighted by Gasteiger charge is -2.11. The Hall–Kier alpha value is -2.62. The maximum absolute atomic E-state index is 12.6. The van der Waals surface area contributed by atoms with Gasteiger partial charge in [0.15, 0.2) is 6.61 Å². The van der Waals surface area contributed by atoms with Gasteiger partial charge in [-0.3, -0.25) is 4.79 Å². The standard InChI is InChI=1S/C22H17Cl3N2O5S/c23-16-10-18(24)21(19(25)11-16)27-20(28)13-32-22(29)15-7-4-8-17(9-15)33(30,31)26-12-14-5-2-1-3-6-14/h1-11,26H,12-13H2,(H,27,28). The predicted octanol–water partition coefficient (Wildman–Crippen LogP) is 4.92. The largest absolute Gasteiger partial charge is 0.452 e. The highest BCUT2D eigenvalue weighted by Gasteiger charge is 2.18. The van der Waals surface area contributed by atoms with Crippen LogP contribution in [-0.2, 0) is 26.1 Å². The first-order chi connectivity index (χ1) is 15.7. The van der Waals surface area contributed by atoms with E-state index in [1.807, 2.05) is 6.07 Å². The van der Waals surface area contributed by atoms with Crippen LogP contribution < -0.4 is 10.0 Å². The van der Waals surface area contributed by atoms with Crippen LogP contribution in [0.15, 0.2) is 71.6 Å². The minimum absolute atomic E-state index is 0.0343. The number of carbonyl (C=O) groups excluding carboxylic acids is 2. The summed E-state index contributed by atoms with van der Waals surface area (Å²) in [5.74, 6) is -1.57. The molecule has 33 heavy (non-hydrogen) atoms. The van der Waals surface area contributed by atoms with Gasteiger partial charge in [0, 0.05) is 11.6 Å². The zero-order valence-electron chi connectivity index (χ0n) is 16.8. The zero-order chi connectivity index (χ0) is 24.0. The van der Waals surface area contributed by atoms with Crippen LogP contribution in [0.3, 0.4) is 0 Å². The molecule has 2 N–H and O–H groups in total. The molecule has 0 aliphatic heterocycles. The van der Waals surface area contributed by atoms with Crippen LogP contribution in [0.5, 0.6) is 0 Å². The van der Waals surface area contributed by atoms with Crippen molar-refractivity contribution in [1.29, 1.82) is 0 Å². The van der Waals surface area contributed by atoms with Gasteiger partial charge in [0.2, 0.25) is 10.0 Å². The van der Waals surface area contributed by atoms with Crippen LogP contribution >= 0.6 is 34.8 Å². The summed E-state index contributed by atoms with van der Waals surface area (Å²) in [4.78, 5) is 24.4. The fraction of sp³-hybridized carbons (Fsp3) is 0.0909. The maximum Gasteiger partial charge on any atom is 0.338 e. The van der Waals surface area contributed by atoms with Crippen LogP contribution in [0.2, 0.25) is 15.1 Å². The van der Waals surface area contributed by atoms with Crippen LogP contribution in [0.1, 0.15) is 15.9 Å². The number of esters is 1. The SMILES string of the molecule is O=C(COC(=O)c1cccc(S(=O)(=O)NCc2ccccc2)c1)Nc1c(Cl)cc(Cl)cc1Cl. The Bertz CT molecular complexity index is 1260. The molecule has 1 amide bonds. The second kappa shape index (κ2) is 11.0. The van der Waals surface area contributed by atoms with Gasteiger partial charge in [-0.2, -0.15) is 0 Å². The minimum Gasteiger partial charge on any atom is -0.452 e. The third kappa shape index (κ3) is 6.93. The lowest BCUT2D eigenvalue weighted by Crippen LogP contribution is -2.24.